The molecule has 4 rings (SSSR count). The predicted molar refractivity (Wildman–Crippen MR) is 134 cm³/mol. The van der Waals surface area contributed by atoms with Crippen molar-refractivity contribution in [2.45, 2.75) is 11.8 Å². The Bertz CT molecular complexity index is 1500. The topological polar surface area (TPSA) is 163 Å². The van der Waals surface area contributed by atoms with E-state index in [9.17, 15) is 18.0 Å². The lowest BCUT2D eigenvalue weighted by Crippen LogP contribution is -2.52. The maximum Gasteiger partial charge on any atom is 0.244 e. The molecule has 0 saturated carbocycles. The molecule has 11 heteroatoms. The fraction of sp³-hybridized carbons (Fsp3) is 0.167. The van der Waals surface area contributed by atoms with Crippen LogP contribution in [0.15, 0.2) is 70.6 Å². The monoisotopic (exact) mass is 492 g/mol. The van der Waals surface area contributed by atoms with Crippen LogP contribution in [-0.4, -0.2) is 55.8 Å². The molecule has 0 spiro atoms. The first-order valence-corrected chi connectivity index (χ1v) is 12.1. The molecule has 0 atom stereocenters. The summed E-state index contributed by atoms with van der Waals surface area (Å²) in [6, 6.07) is 16.7. The van der Waals surface area contributed by atoms with E-state index in [-0.39, 0.29) is 42.1 Å². The quantitative estimate of drug-likeness (QED) is 0.360. The van der Waals surface area contributed by atoms with Crippen LogP contribution in [0.1, 0.15) is 18.1 Å². The van der Waals surface area contributed by atoms with Gasteiger partial charge in [0.25, 0.3) is 0 Å². The molecule has 0 unspecified atom stereocenters. The number of sulfonamides is 1. The van der Waals surface area contributed by atoms with Crippen LogP contribution in [0.5, 0.6) is 0 Å². The number of benzene rings is 3. The number of nitrogen functional groups attached to an aromatic ring is 1. The standard InChI is InChI=1S/C24H24N6O4S/c1-15(31)28-24(27)18-6-5-16-7-8-20(12-19(16)11-18)30-10-9-29(14-22(30)32)35(33,34)21-4-2-3-17(13-21)23(25)26/h2-8,11-13H,9-10,14H2,1H3,(H3,25,26)(H2,27,28,31). The number of nitrogens with two attached hydrogens (primary N) is 2. The van der Waals surface area contributed by atoms with E-state index in [0.717, 1.165) is 15.1 Å². The van der Waals surface area contributed by atoms with Gasteiger partial charge in [-0.2, -0.15) is 9.30 Å². The van der Waals surface area contributed by atoms with E-state index in [1.165, 1.54) is 30.0 Å². The number of nitrogens with zero attached hydrogens (tertiary/aromatic N) is 3. The highest BCUT2D eigenvalue weighted by molar-refractivity contribution is 7.89. The first kappa shape index (κ1) is 24.0. The number of amides is 2. The Morgan fingerprint density at radius 2 is 1.71 bits per heavy atom. The minimum atomic E-state index is -3.94. The van der Waals surface area contributed by atoms with Gasteiger partial charge >= 0.3 is 0 Å². The Morgan fingerprint density at radius 3 is 2.40 bits per heavy atom. The number of hydrogen-bond acceptors (Lipinski definition) is 5. The molecule has 0 aromatic heterocycles. The first-order chi connectivity index (χ1) is 16.6. The van der Waals surface area contributed by atoms with Crippen molar-refractivity contribution < 1.29 is 18.0 Å². The zero-order chi connectivity index (χ0) is 25.3. The van der Waals surface area contributed by atoms with Crippen molar-refractivity contribution in [3.63, 3.8) is 0 Å². The summed E-state index contributed by atoms with van der Waals surface area (Å²) in [5, 5.41) is 9.24. The summed E-state index contributed by atoms with van der Waals surface area (Å²) >= 11 is 0. The van der Waals surface area contributed by atoms with Crippen LogP contribution in [0.3, 0.4) is 0 Å². The molecule has 1 fully saturated rings. The van der Waals surface area contributed by atoms with Gasteiger partial charge in [-0.05, 0) is 41.1 Å². The number of rotatable bonds is 5. The molecule has 1 aliphatic rings. The minimum absolute atomic E-state index is 0.0190. The Hall–Kier alpha value is -4.09. The van der Waals surface area contributed by atoms with Gasteiger partial charge < -0.3 is 16.4 Å². The van der Waals surface area contributed by atoms with E-state index in [1.54, 1.807) is 24.3 Å². The molecular weight excluding hydrogens is 468 g/mol. The number of carbonyl (C=O) groups is 2. The SMILES string of the molecule is CC(=O)N=C(N)c1ccc2ccc(N3CCN(S(=O)(=O)c4cccc(C(=N)N)c4)CC3=O)cc2c1. The van der Waals surface area contributed by atoms with Gasteiger partial charge in [0.2, 0.25) is 21.8 Å². The summed E-state index contributed by atoms with van der Waals surface area (Å²) in [6.07, 6.45) is 0. The Morgan fingerprint density at radius 1 is 0.971 bits per heavy atom. The number of anilines is 1. The summed E-state index contributed by atoms with van der Waals surface area (Å²) in [5.41, 5.74) is 12.9. The summed E-state index contributed by atoms with van der Waals surface area (Å²) in [7, 11) is -3.94. The summed E-state index contributed by atoms with van der Waals surface area (Å²) in [6.45, 7) is 1.28. The van der Waals surface area contributed by atoms with Crippen molar-refractivity contribution in [1.82, 2.24) is 4.31 Å². The highest BCUT2D eigenvalue weighted by Crippen LogP contribution is 2.26. The fourth-order valence-corrected chi connectivity index (χ4v) is 5.33. The second kappa shape index (κ2) is 9.28. The number of fused-ring (bicyclic) bond motifs is 1. The van der Waals surface area contributed by atoms with Gasteiger partial charge in [0.05, 0.1) is 11.4 Å². The molecule has 1 aliphatic heterocycles. The molecule has 0 bridgehead atoms. The van der Waals surface area contributed by atoms with Gasteiger partial charge in [-0.25, -0.2) is 8.42 Å². The van der Waals surface area contributed by atoms with Gasteiger partial charge in [-0.3, -0.25) is 15.0 Å². The lowest BCUT2D eigenvalue weighted by atomic mass is 10.0. The summed E-state index contributed by atoms with van der Waals surface area (Å²) in [4.78, 5) is 29.5. The van der Waals surface area contributed by atoms with Crippen LogP contribution in [0.2, 0.25) is 0 Å². The Kier molecular flexibility index (Phi) is 6.37. The largest absolute Gasteiger partial charge is 0.384 e. The lowest BCUT2D eigenvalue weighted by Gasteiger charge is -2.33. The van der Waals surface area contributed by atoms with Crippen LogP contribution in [-0.2, 0) is 19.6 Å². The summed E-state index contributed by atoms with van der Waals surface area (Å²) < 4.78 is 27.3. The maximum absolute atomic E-state index is 13.1. The molecule has 0 radical (unpaired) electrons. The van der Waals surface area contributed by atoms with E-state index in [4.69, 9.17) is 16.9 Å². The van der Waals surface area contributed by atoms with E-state index in [2.05, 4.69) is 4.99 Å². The van der Waals surface area contributed by atoms with E-state index in [1.807, 2.05) is 18.2 Å². The first-order valence-electron chi connectivity index (χ1n) is 10.7. The molecule has 3 aromatic carbocycles. The second-order valence-electron chi connectivity index (χ2n) is 8.09. The Labute approximate surface area is 202 Å². The molecule has 10 nitrogen and oxygen atoms in total. The van der Waals surface area contributed by atoms with E-state index in [0.29, 0.717) is 16.8 Å². The Balaban J connectivity index is 1.58. The van der Waals surface area contributed by atoms with E-state index >= 15 is 0 Å². The lowest BCUT2D eigenvalue weighted by molar-refractivity contribution is -0.120. The van der Waals surface area contributed by atoms with Gasteiger partial charge in [0.15, 0.2) is 0 Å². The number of carbonyl (C=O) groups excluding carboxylic acids is 2. The molecular formula is C24H24N6O4S. The predicted octanol–water partition coefficient (Wildman–Crippen LogP) is 1.41. The number of amidine groups is 2. The second-order valence-corrected chi connectivity index (χ2v) is 10.0. The average Bonchev–Trinajstić information content (AvgIpc) is 2.83. The van der Waals surface area contributed by atoms with Crippen molar-refractivity contribution in [2.75, 3.05) is 24.5 Å². The third kappa shape index (κ3) is 4.91. The molecule has 5 N–H and O–H groups in total. The molecule has 180 valence electrons. The van der Waals surface area contributed by atoms with Crippen LogP contribution >= 0.6 is 0 Å². The number of aliphatic imine (C=N–C) groups is 1. The minimum Gasteiger partial charge on any atom is -0.384 e. The number of piperazine rings is 1. The highest BCUT2D eigenvalue weighted by Gasteiger charge is 2.33. The van der Waals surface area contributed by atoms with Crippen LogP contribution in [0.25, 0.3) is 10.8 Å². The van der Waals surface area contributed by atoms with Gasteiger partial charge in [-0.15, -0.1) is 0 Å². The van der Waals surface area contributed by atoms with E-state index < -0.39 is 15.9 Å². The van der Waals surface area contributed by atoms with Crippen molar-refractivity contribution >= 4 is 50.0 Å². The molecule has 1 heterocycles. The molecule has 3 aromatic rings. The summed E-state index contributed by atoms with van der Waals surface area (Å²) in [5.74, 6) is -0.899. The molecule has 35 heavy (non-hydrogen) atoms. The molecule has 2 amide bonds. The fourth-order valence-electron chi connectivity index (χ4n) is 3.90. The molecule has 0 aliphatic carbocycles. The zero-order valence-corrected chi connectivity index (χ0v) is 19.7. The third-order valence-electron chi connectivity index (χ3n) is 5.68. The van der Waals surface area contributed by atoms with Gasteiger partial charge in [0, 0.05) is 36.8 Å². The maximum atomic E-state index is 13.1. The van der Waals surface area contributed by atoms with Crippen LogP contribution < -0.4 is 16.4 Å². The van der Waals surface area contributed by atoms with Gasteiger partial charge in [0.1, 0.15) is 11.7 Å². The highest BCUT2D eigenvalue weighted by atomic mass is 32.2. The van der Waals surface area contributed by atoms with Crippen LogP contribution in [0.4, 0.5) is 5.69 Å². The smallest absolute Gasteiger partial charge is 0.244 e. The van der Waals surface area contributed by atoms with Crippen LogP contribution in [0, 0.1) is 5.41 Å². The molecule has 1 saturated heterocycles. The average molecular weight is 493 g/mol. The van der Waals surface area contributed by atoms with Crippen molar-refractivity contribution in [3.05, 3.63) is 71.8 Å². The van der Waals surface area contributed by atoms with Crippen molar-refractivity contribution in [3.8, 4) is 0 Å². The van der Waals surface area contributed by atoms with Crippen molar-refractivity contribution in [2.24, 2.45) is 16.5 Å². The number of nitrogens with one attached hydrogen (secondary N) is 1. The normalized spacial score (nSPS) is 15.4. The number of hydrogen-bond donors (Lipinski definition) is 3. The van der Waals surface area contributed by atoms with Gasteiger partial charge in [-0.1, -0.05) is 30.3 Å². The third-order valence-corrected chi connectivity index (χ3v) is 7.52. The van der Waals surface area contributed by atoms with Crippen molar-refractivity contribution in [1.29, 1.82) is 5.41 Å². The zero-order valence-electron chi connectivity index (χ0n) is 18.9.